The van der Waals surface area contributed by atoms with Crippen LogP contribution in [0.15, 0.2) is 36.4 Å². The summed E-state index contributed by atoms with van der Waals surface area (Å²) in [4.78, 5) is 63.8. The standard InChI is InChI=1S/C110H190O10S2/c1-22-26-30-34-38-42-46-48-50-52-54-56-58-62-66-70-74-117-100(113)91(101(114)118-75-71-67-63-59-57-55-53-51-49-47-43-39-35-31-27-23-2)79-88-78-87(5)99(96(80-88)108(18,19)20)119-102(115)110(85-89-81-92(104(6,7)8)97(111)93(82-89)105(9,10)11,86-90-83-94(106(12,13)14)98(112)95(84-90)107(15,16)17)103(116)120-109(21,121-76-72-68-64-60-44-40-36-32-28-24-3)122-77-73-69-65-61-45-41-37-33-29-25-4/h78,80-84,91,111-112H,22-77,79,85-86H2,1-21H3. The molecule has 0 saturated heterocycles. The molecule has 0 aromatic heterocycles. The maximum atomic E-state index is 17.3. The van der Waals surface area contributed by atoms with Crippen LogP contribution in [0, 0.1) is 18.3 Å². The van der Waals surface area contributed by atoms with Crippen molar-refractivity contribution in [3.05, 3.63) is 86.5 Å². The molecule has 10 nitrogen and oxygen atoms in total. The van der Waals surface area contributed by atoms with Crippen LogP contribution in [0.5, 0.6) is 17.2 Å². The van der Waals surface area contributed by atoms with E-state index in [1.165, 1.54) is 244 Å². The lowest BCUT2D eigenvalue weighted by Crippen LogP contribution is -2.49. The molecule has 0 spiro atoms. The van der Waals surface area contributed by atoms with Crippen LogP contribution in [0.4, 0.5) is 0 Å². The number of hydrogen-bond acceptors (Lipinski definition) is 12. The van der Waals surface area contributed by atoms with E-state index in [1.807, 2.05) is 50.2 Å². The molecule has 702 valence electrons. The lowest BCUT2D eigenvalue weighted by molar-refractivity contribution is -0.169. The first-order chi connectivity index (χ1) is 57.9. The maximum absolute atomic E-state index is 17.3. The lowest BCUT2D eigenvalue weighted by Gasteiger charge is -2.37. The largest absolute Gasteiger partial charge is 0.507 e. The number of hydrogen-bond donors (Lipinski definition) is 2. The second-order valence-electron chi connectivity index (χ2n) is 42.5. The number of carbonyl (C=O) groups is 4. The number of phenolic OH excluding ortho intramolecular Hbond substituents is 2. The number of phenols is 2. The van der Waals surface area contributed by atoms with Crippen molar-refractivity contribution < 1.29 is 48.3 Å². The minimum Gasteiger partial charge on any atom is -0.507 e. The van der Waals surface area contributed by atoms with Gasteiger partial charge in [0.25, 0.3) is 0 Å². The van der Waals surface area contributed by atoms with Gasteiger partial charge in [-0.1, -0.05) is 476 Å². The maximum Gasteiger partial charge on any atom is 0.329 e. The molecule has 3 aromatic rings. The van der Waals surface area contributed by atoms with Gasteiger partial charge in [0.1, 0.15) is 17.2 Å². The Morgan fingerprint density at radius 3 is 0.803 bits per heavy atom. The van der Waals surface area contributed by atoms with E-state index < -0.39 is 66.6 Å². The van der Waals surface area contributed by atoms with Gasteiger partial charge < -0.3 is 29.2 Å². The third-order valence-corrected chi connectivity index (χ3v) is 28.1. The van der Waals surface area contributed by atoms with Crippen molar-refractivity contribution in [2.75, 3.05) is 24.7 Å². The number of unbranched alkanes of at least 4 members (excludes halogenated alkanes) is 48. The van der Waals surface area contributed by atoms with Gasteiger partial charge in [-0.05, 0) is 142 Å². The molecule has 0 saturated carbocycles. The molecular formula is C110H190O10S2. The Balaban J connectivity index is 2.26. The Kier molecular flexibility index (Phi) is 56.3. The van der Waals surface area contributed by atoms with Crippen LogP contribution in [0.1, 0.15) is 522 Å². The van der Waals surface area contributed by atoms with Crippen LogP contribution in [-0.2, 0) is 79.7 Å². The van der Waals surface area contributed by atoms with E-state index in [0.29, 0.717) is 68.7 Å². The summed E-state index contributed by atoms with van der Waals surface area (Å²) >= 11 is 3.33. The van der Waals surface area contributed by atoms with E-state index in [4.69, 9.17) is 18.9 Å². The van der Waals surface area contributed by atoms with Gasteiger partial charge in [0.05, 0.1) is 13.2 Å². The van der Waals surface area contributed by atoms with Crippen LogP contribution >= 0.6 is 23.5 Å². The van der Waals surface area contributed by atoms with Gasteiger partial charge in [-0.3, -0.25) is 19.2 Å². The van der Waals surface area contributed by atoms with Crippen LogP contribution in [0.25, 0.3) is 0 Å². The molecule has 0 atom stereocenters. The summed E-state index contributed by atoms with van der Waals surface area (Å²) < 4.78 is 25.7. The summed E-state index contributed by atoms with van der Waals surface area (Å²) in [7, 11) is 0. The summed E-state index contributed by atoms with van der Waals surface area (Å²) in [6.45, 7) is 44.6. The van der Waals surface area contributed by atoms with Crippen molar-refractivity contribution in [2.24, 2.45) is 11.3 Å². The fourth-order valence-corrected chi connectivity index (χ4v) is 19.8. The van der Waals surface area contributed by atoms with Gasteiger partial charge in [0.15, 0.2) is 11.3 Å². The zero-order valence-electron chi connectivity index (χ0n) is 83.2. The minimum atomic E-state index is -2.10. The topological polar surface area (TPSA) is 146 Å². The molecule has 0 fully saturated rings. The lowest BCUT2D eigenvalue weighted by atomic mass is 9.71. The molecule has 0 bridgehead atoms. The normalized spacial score (nSPS) is 12.6. The highest BCUT2D eigenvalue weighted by Gasteiger charge is 2.53. The molecule has 0 unspecified atom stereocenters. The van der Waals surface area contributed by atoms with E-state index in [9.17, 15) is 19.8 Å². The van der Waals surface area contributed by atoms with Crippen molar-refractivity contribution in [2.45, 2.75) is 530 Å². The number of carbonyl (C=O) groups excluding carboxylic acids is 4. The Bertz CT molecular complexity index is 3080. The number of benzene rings is 3. The predicted molar refractivity (Wildman–Crippen MR) is 528 cm³/mol. The Morgan fingerprint density at radius 2 is 0.549 bits per heavy atom. The molecule has 122 heavy (non-hydrogen) atoms. The molecular weight excluding hydrogens is 1550 g/mol. The van der Waals surface area contributed by atoms with Crippen molar-refractivity contribution in [1.29, 1.82) is 0 Å². The molecule has 3 rings (SSSR count). The number of aryl methyl sites for hydroxylation is 1. The number of thioether (sulfide) groups is 2. The zero-order valence-corrected chi connectivity index (χ0v) is 84.9. The van der Waals surface area contributed by atoms with Crippen molar-refractivity contribution >= 4 is 47.4 Å². The van der Waals surface area contributed by atoms with E-state index in [0.717, 1.165) is 88.6 Å². The summed E-state index contributed by atoms with van der Waals surface area (Å²) in [5, 5.41) is 24.8. The van der Waals surface area contributed by atoms with Crippen LogP contribution in [0.3, 0.4) is 0 Å². The van der Waals surface area contributed by atoms with Gasteiger partial charge in [0, 0.05) is 5.56 Å². The Morgan fingerprint density at radius 1 is 0.311 bits per heavy atom. The smallest absolute Gasteiger partial charge is 0.329 e. The first-order valence-electron chi connectivity index (χ1n) is 50.8. The molecule has 12 heteroatoms. The molecule has 0 heterocycles. The highest BCUT2D eigenvalue weighted by Crippen LogP contribution is 2.49. The van der Waals surface area contributed by atoms with Crippen LogP contribution in [-0.4, -0.2) is 63.1 Å². The first kappa shape index (κ1) is 112. The zero-order chi connectivity index (χ0) is 90.5. The number of aromatic hydroxyl groups is 2. The minimum absolute atomic E-state index is 0.0102. The number of ether oxygens (including phenoxy) is 4. The van der Waals surface area contributed by atoms with Gasteiger partial charge in [-0.15, -0.1) is 23.5 Å². The van der Waals surface area contributed by atoms with Gasteiger partial charge >= 0.3 is 23.9 Å². The predicted octanol–water partition coefficient (Wildman–Crippen LogP) is 33.6. The Labute approximate surface area is 760 Å². The molecule has 0 aliphatic heterocycles. The van der Waals surface area contributed by atoms with E-state index in [-0.39, 0.29) is 44.0 Å². The third kappa shape index (κ3) is 45.7. The van der Waals surface area contributed by atoms with Gasteiger partial charge in [-0.25, -0.2) is 0 Å². The molecule has 2 N–H and O–H groups in total. The van der Waals surface area contributed by atoms with Crippen LogP contribution in [0.2, 0.25) is 0 Å². The molecule has 0 aliphatic carbocycles. The molecule has 3 aromatic carbocycles. The number of rotatable bonds is 70. The Hall–Kier alpha value is -4.16. The molecule has 0 radical (unpaired) electrons. The summed E-state index contributed by atoms with van der Waals surface area (Å²) in [6.07, 6.45) is 63.5. The van der Waals surface area contributed by atoms with E-state index in [2.05, 4.69) is 132 Å². The molecule has 0 amide bonds. The van der Waals surface area contributed by atoms with Crippen LogP contribution < -0.4 is 4.74 Å². The third-order valence-electron chi connectivity index (χ3n) is 25.2. The average molecular weight is 1740 g/mol. The summed E-state index contributed by atoms with van der Waals surface area (Å²) in [5.74, 6) is -1.71. The second-order valence-corrected chi connectivity index (χ2v) is 45.7. The van der Waals surface area contributed by atoms with Crippen molar-refractivity contribution in [3.63, 3.8) is 0 Å². The average Bonchev–Trinajstić information content (AvgIpc) is 0.749. The second kappa shape index (κ2) is 61.4. The highest BCUT2D eigenvalue weighted by molar-refractivity contribution is 8.17. The fourth-order valence-electron chi connectivity index (χ4n) is 17.3. The van der Waals surface area contributed by atoms with Gasteiger partial charge in [-0.2, -0.15) is 0 Å². The van der Waals surface area contributed by atoms with E-state index in [1.54, 1.807) is 23.5 Å². The molecule has 0 aliphatic rings. The van der Waals surface area contributed by atoms with Crippen molar-refractivity contribution in [3.8, 4) is 17.2 Å². The van der Waals surface area contributed by atoms with Gasteiger partial charge in [0.2, 0.25) is 4.27 Å². The SMILES string of the molecule is CCCCCCCCCCCCCCCCCCOC(=O)C(Cc1cc(C)c(OC(=O)C(Cc2cc(C(C)(C)C)c(O)c(C(C)(C)C)c2)(Cc2cc(C(C)(C)C)c(O)c(C(C)(C)C)c2)C(=O)OC(C)(SCCCCCCCCCCCC)SCCCCCCCCCCCC)c(C(C)(C)C)c1)C(=O)OCCCCCCCCCCCCCCCCCC. The first-order valence-corrected chi connectivity index (χ1v) is 52.8. The summed E-state index contributed by atoms with van der Waals surface area (Å²) in [5.41, 5.74) is 1.09. The van der Waals surface area contributed by atoms with Crippen molar-refractivity contribution in [1.82, 2.24) is 0 Å². The summed E-state index contributed by atoms with van der Waals surface area (Å²) in [6, 6.07) is 11.8. The fraction of sp³-hybridized carbons (Fsp3) is 0.800. The number of esters is 4. The monoisotopic (exact) mass is 1740 g/mol. The highest BCUT2D eigenvalue weighted by atomic mass is 32.2. The quantitative estimate of drug-likeness (QED) is 0.0139. The van der Waals surface area contributed by atoms with E-state index >= 15 is 9.59 Å².